The number of amides is 2. The maximum absolute atomic E-state index is 12.2. The first kappa shape index (κ1) is 22.2. The second kappa shape index (κ2) is 11.7. The van der Waals surface area contributed by atoms with Crippen molar-refractivity contribution in [3.8, 4) is 11.5 Å². The molecule has 2 rings (SSSR count). The second-order valence-corrected chi connectivity index (χ2v) is 6.71. The molecule has 2 aromatic carbocycles. The zero-order chi connectivity index (χ0) is 21.1. The van der Waals surface area contributed by atoms with E-state index in [0.717, 1.165) is 0 Å². The summed E-state index contributed by atoms with van der Waals surface area (Å²) in [5, 5.41) is 0. The molecule has 7 heteroatoms. The number of carbonyl (C=O) groups excluding carboxylic acids is 2. The van der Waals surface area contributed by atoms with Gasteiger partial charge in [-0.3, -0.25) is 20.4 Å². The van der Waals surface area contributed by atoms with Gasteiger partial charge in [0.05, 0.1) is 13.2 Å². The van der Waals surface area contributed by atoms with Crippen molar-refractivity contribution in [2.75, 3.05) is 26.4 Å². The Bertz CT molecular complexity index is 773. The molecule has 0 unspecified atom stereocenters. The standard InChI is InChI=1S/C22H28N2O5/c1-4-27-13-14-28-19-9-5-17(6-10-19)21(25)23-24-22(26)18-7-11-20(12-8-18)29-15-16(2)3/h5-12,16H,4,13-15H2,1-3H3,(H,23,25)(H,24,26). The molecule has 2 N–H and O–H groups in total. The summed E-state index contributed by atoms with van der Waals surface area (Å²) in [6.45, 7) is 8.25. The van der Waals surface area contributed by atoms with Gasteiger partial charge in [0, 0.05) is 17.7 Å². The predicted molar refractivity (Wildman–Crippen MR) is 110 cm³/mol. The van der Waals surface area contributed by atoms with Gasteiger partial charge in [-0.15, -0.1) is 0 Å². The number of rotatable bonds is 10. The Morgan fingerprint density at radius 2 is 1.28 bits per heavy atom. The first-order chi connectivity index (χ1) is 14.0. The number of hydrazine groups is 1. The zero-order valence-corrected chi connectivity index (χ0v) is 17.1. The lowest BCUT2D eigenvalue weighted by atomic mass is 10.2. The van der Waals surface area contributed by atoms with Crippen LogP contribution in [0.5, 0.6) is 11.5 Å². The topological polar surface area (TPSA) is 85.9 Å². The van der Waals surface area contributed by atoms with Gasteiger partial charge in [-0.05, 0) is 61.4 Å². The maximum Gasteiger partial charge on any atom is 0.269 e. The fraction of sp³-hybridized carbons (Fsp3) is 0.364. The number of benzene rings is 2. The average molecular weight is 400 g/mol. The third-order valence-electron chi connectivity index (χ3n) is 3.81. The van der Waals surface area contributed by atoms with E-state index >= 15 is 0 Å². The first-order valence-corrected chi connectivity index (χ1v) is 9.63. The highest BCUT2D eigenvalue weighted by Gasteiger charge is 2.10. The van der Waals surface area contributed by atoms with Gasteiger partial charge in [-0.1, -0.05) is 13.8 Å². The van der Waals surface area contributed by atoms with Gasteiger partial charge in [0.1, 0.15) is 18.1 Å². The SMILES string of the molecule is CCOCCOc1ccc(C(=O)NNC(=O)c2ccc(OCC(C)C)cc2)cc1. The molecule has 0 heterocycles. The summed E-state index contributed by atoms with van der Waals surface area (Å²) in [6.07, 6.45) is 0. The molecule has 0 aliphatic rings. The summed E-state index contributed by atoms with van der Waals surface area (Å²) in [4.78, 5) is 24.4. The molecule has 0 spiro atoms. The van der Waals surface area contributed by atoms with Gasteiger partial charge < -0.3 is 14.2 Å². The van der Waals surface area contributed by atoms with Gasteiger partial charge in [0.15, 0.2) is 0 Å². The van der Waals surface area contributed by atoms with Crippen molar-refractivity contribution in [1.29, 1.82) is 0 Å². The van der Waals surface area contributed by atoms with Gasteiger partial charge in [0.2, 0.25) is 0 Å². The van der Waals surface area contributed by atoms with Crippen LogP contribution in [0.1, 0.15) is 41.5 Å². The molecule has 0 saturated heterocycles. The van der Waals surface area contributed by atoms with E-state index < -0.39 is 11.8 Å². The fourth-order valence-corrected chi connectivity index (χ4v) is 2.29. The van der Waals surface area contributed by atoms with E-state index in [0.29, 0.717) is 55.0 Å². The Kier molecular flexibility index (Phi) is 8.98. The molecular weight excluding hydrogens is 372 g/mol. The van der Waals surface area contributed by atoms with Gasteiger partial charge in [0.25, 0.3) is 11.8 Å². The van der Waals surface area contributed by atoms with Crippen LogP contribution in [0.3, 0.4) is 0 Å². The van der Waals surface area contributed by atoms with Crippen LogP contribution in [0.25, 0.3) is 0 Å². The quantitative estimate of drug-likeness (QED) is 0.472. The molecule has 0 aliphatic heterocycles. The molecule has 0 atom stereocenters. The van der Waals surface area contributed by atoms with Gasteiger partial charge in [-0.2, -0.15) is 0 Å². The summed E-state index contributed by atoms with van der Waals surface area (Å²) in [5.74, 6) is 0.928. The smallest absolute Gasteiger partial charge is 0.269 e. The third-order valence-corrected chi connectivity index (χ3v) is 3.81. The summed E-state index contributed by atoms with van der Waals surface area (Å²) in [5.41, 5.74) is 5.62. The zero-order valence-electron chi connectivity index (χ0n) is 17.1. The van der Waals surface area contributed by atoms with Crippen molar-refractivity contribution in [2.24, 2.45) is 5.92 Å². The minimum Gasteiger partial charge on any atom is -0.493 e. The van der Waals surface area contributed by atoms with Crippen molar-refractivity contribution in [3.05, 3.63) is 59.7 Å². The van der Waals surface area contributed by atoms with Crippen molar-refractivity contribution in [1.82, 2.24) is 10.9 Å². The van der Waals surface area contributed by atoms with E-state index in [4.69, 9.17) is 14.2 Å². The van der Waals surface area contributed by atoms with E-state index in [1.54, 1.807) is 48.5 Å². The summed E-state index contributed by atoms with van der Waals surface area (Å²) in [7, 11) is 0. The van der Waals surface area contributed by atoms with Crippen molar-refractivity contribution in [3.63, 3.8) is 0 Å². The molecular formula is C22H28N2O5. The summed E-state index contributed by atoms with van der Waals surface area (Å²) >= 11 is 0. The van der Waals surface area contributed by atoms with E-state index in [2.05, 4.69) is 24.7 Å². The Hall–Kier alpha value is -3.06. The van der Waals surface area contributed by atoms with Crippen LogP contribution in [0.15, 0.2) is 48.5 Å². The Morgan fingerprint density at radius 1 is 0.793 bits per heavy atom. The molecule has 0 aromatic heterocycles. The highest BCUT2D eigenvalue weighted by molar-refractivity contribution is 5.99. The molecule has 0 saturated carbocycles. The predicted octanol–water partition coefficient (Wildman–Crippen LogP) is 3.21. The Labute approximate surface area is 171 Å². The monoisotopic (exact) mass is 400 g/mol. The Balaban J connectivity index is 1.79. The van der Waals surface area contributed by atoms with E-state index in [9.17, 15) is 9.59 Å². The van der Waals surface area contributed by atoms with Crippen molar-refractivity contribution >= 4 is 11.8 Å². The highest BCUT2D eigenvalue weighted by atomic mass is 16.5. The van der Waals surface area contributed by atoms with Crippen LogP contribution >= 0.6 is 0 Å². The average Bonchev–Trinajstić information content (AvgIpc) is 2.74. The lowest BCUT2D eigenvalue weighted by Crippen LogP contribution is -2.41. The van der Waals surface area contributed by atoms with Crippen LogP contribution in [0, 0.1) is 5.92 Å². The summed E-state index contributed by atoms with van der Waals surface area (Å²) < 4.78 is 16.3. The van der Waals surface area contributed by atoms with Gasteiger partial charge in [-0.25, -0.2) is 0 Å². The molecule has 29 heavy (non-hydrogen) atoms. The molecule has 0 aliphatic carbocycles. The highest BCUT2D eigenvalue weighted by Crippen LogP contribution is 2.14. The fourth-order valence-electron chi connectivity index (χ4n) is 2.29. The second-order valence-electron chi connectivity index (χ2n) is 6.71. The number of ether oxygens (including phenoxy) is 3. The first-order valence-electron chi connectivity index (χ1n) is 9.63. The molecule has 0 radical (unpaired) electrons. The molecule has 7 nitrogen and oxygen atoms in total. The minimum absolute atomic E-state index is 0.403. The Morgan fingerprint density at radius 3 is 1.72 bits per heavy atom. The van der Waals surface area contributed by atoms with Crippen LogP contribution in [-0.2, 0) is 4.74 Å². The normalized spacial score (nSPS) is 10.5. The van der Waals surface area contributed by atoms with E-state index in [-0.39, 0.29) is 0 Å². The number of carbonyl (C=O) groups is 2. The third kappa shape index (κ3) is 7.83. The lowest BCUT2D eigenvalue weighted by molar-refractivity contribution is 0.0846. The molecule has 2 amide bonds. The van der Waals surface area contributed by atoms with Crippen molar-refractivity contribution < 1.29 is 23.8 Å². The van der Waals surface area contributed by atoms with E-state index in [1.165, 1.54) is 0 Å². The summed E-state index contributed by atoms with van der Waals surface area (Å²) in [6, 6.07) is 13.4. The molecule has 156 valence electrons. The van der Waals surface area contributed by atoms with Crippen LogP contribution < -0.4 is 20.3 Å². The minimum atomic E-state index is -0.420. The molecule has 2 aromatic rings. The maximum atomic E-state index is 12.2. The largest absolute Gasteiger partial charge is 0.493 e. The number of hydrogen-bond acceptors (Lipinski definition) is 5. The number of hydrogen-bond donors (Lipinski definition) is 2. The van der Waals surface area contributed by atoms with Crippen LogP contribution in [0.2, 0.25) is 0 Å². The van der Waals surface area contributed by atoms with Crippen molar-refractivity contribution in [2.45, 2.75) is 20.8 Å². The van der Waals surface area contributed by atoms with Gasteiger partial charge >= 0.3 is 0 Å². The molecule has 0 bridgehead atoms. The van der Waals surface area contributed by atoms with Crippen LogP contribution in [-0.4, -0.2) is 38.2 Å². The number of nitrogens with one attached hydrogen (secondary N) is 2. The van der Waals surface area contributed by atoms with Crippen LogP contribution in [0.4, 0.5) is 0 Å². The van der Waals surface area contributed by atoms with E-state index in [1.807, 2.05) is 6.92 Å². The lowest BCUT2D eigenvalue weighted by Gasteiger charge is -2.10. The molecule has 0 fully saturated rings.